The average Bonchev–Trinajstić information content (AvgIpc) is 2.89. The van der Waals surface area contributed by atoms with E-state index in [1.165, 1.54) is 0 Å². The maximum atomic E-state index is 12.8. The largest absolute Gasteiger partial charge is 0.497 e. The standard InChI is InChI=1S/C19H18N2O2S/c1-3-14-6-4-5-7-17(14)21-18(22)16(20-19(21)24)12-13-8-10-15(23-2)11-9-13/h4-12H,3H2,1-2H3,(H,20,24)/b16-12+. The van der Waals surface area contributed by atoms with Gasteiger partial charge in [-0.3, -0.25) is 9.69 Å². The van der Waals surface area contributed by atoms with Crippen LogP contribution in [0, 0.1) is 0 Å². The van der Waals surface area contributed by atoms with Crippen molar-refractivity contribution in [2.24, 2.45) is 0 Å². The fourth-order valence-corrected chi connectivity index (χ4v) is 2.94. The number of hydrogen-bond donors (Lipinski definition) is 1. The highest BCUT2D eigenvalue weighted by atomic mass is 32.1. The van der Waals surface area contributed by atoms with Gasteiger partial charge >= 0.3 is 0 Å². The predicted molar refractivity (Wildman–Crippen MR) is 100 cm³/mol. The highest BCUT2D eigenvalue weighted by molar-refractivity contribution is 7.80. The summed E-state index contributed by atoms with van der Waals surface area (Å²) in [5.74, 6) is 0.633. The Balaban J connectivity index is 1.92. The summed E-state index contributed by atoms with van der Waals surface area (Å²) in [5.41, 5.74) is 3.29. The number of carbonyl (C=O) groups is 1. The lowest BCUT2D eigenvalue weighted by Crippen LogP contribution is -2.31. The monoisotopic (exact) mass is 338 g/mol. The van der Waals surface area contributed by atoms with E-state index >= 15 is 0 Å². The normalized spacial score (nSPS) is 15.8. The van der Waals surface area contributed by atoms with Gasteiger partial charge in [0.25, 0.3) is 5.91 Å². The molecule has 1 amide bonds. The molecule has 0 atom stereocenters. The zero-order valence-corrected chi connectivity index (χ0v) is 14.4. The second kappa shape index (κ2) is 6.84. The molecule has 1 N–H and O–H groups in total. The van der Waals surface area contributed by atoms with E-state index in [-0.39, 0.29) is 5.91 Å². The first-order valence-electron chi connectivity index (χ1n) is 7.73. The summed E-state index contributed by atoms with van der Waals surface area (Å²) < 4.78 is 5.15. The van der Waals surface area contributed by atoms with Crippen molar-refractivity contribution < 1.29 is 9.53 Å². The van der Waals surface area contributed by atoms with Crippen molar-refractivity contribution >= 4 is 35.0 Å². The Bertz CT molecular complexity index is 812. The summed E-state index contributed by atoms with van der Waals surface area (Å²) in [6.45, 7) is 2.06. The molecule has 0 aromatic heterocycles. The third kappa shape index (κ3) is 3.03. The first-order chi connectivity index (χ1) is 11.6. The van der Waals surface area contributed by atoms with Crippen molar-refractivity contribution in [2.75, 3.05) is 12.0 Å². The molecule has 0 saturated carbocycles. The van der Waals surface area contributed by atoms with Crippen molar-refractivity contribution in [1.29, 1.82) is 0 Å². The summed E-state index contributed by atoms with van der Waals surface area (Å²) in [6, 6.07) is 15.3. The van der Waals surface area contributed by atoms with E-state index in [0.717, 1.165) is 29.0 Å². The molecule has 0 bridgehead atoms. The minimum Gasteiger partial charge on any atom is -0.497 e. The van der Waals surface area contributed by atoms with Gasteiger partial charge in [-0.2, -0.15) is 0 Å². The molecule has 0 spiro atoms. The van der Waals surface area contributed by atoms with Gasteiger partial charge in [0.15, 0.2) is 5.11 Å². The Labute approximate surface area is 146 Å². The van der Waals surface area contributed by atoms with Crippen molar-refractivity contribution in [3.63, 3.8) is 0 Å². The zero-order chi connectivity index (χ0) is 17.1. The van der Waals surface area contributed by atoms with E-state index < -0.39 is 0 Å². The number of para-hydroxylation sites is 1. The Morgan fingerprint density at radius 3 is 2.54 bits per heavy atom. The first kappa shape index (κ1) is 16.2. The summed E-state index contributed by atoms with van der Waals surface area (Å²) in [7, 11) is 1.62. The molecule has 1 aliphatic rings. The highest BCUT2D eigenvalue weighted by Gasteiger charge is 2.32. The first-order valence-corrected chi connectivity index (χ1v) is 8.14. The number of amides is 1. The summed E-state index contributed by atoms with van der Waals surface area (Å²) >= 11 is 5.37. The van der Waals surface area contributed by atoms with E-state index in [0.29, 0.717) is 10.8 Å². The van der Waals surface area contributed by atoms with Crippen molar-refractivity contribution in [1.82, 2.24) is 5.32 Å². The number of thiocarbonyl (C=S) groups is 1. The van der Waals surface area contributed by atoms with Crippen LogP contribution in [0.2, 0.25) is 0 Å². The number of methoxy groups -OCH3 is 1. The number of carbonyl (C=O) groups excluding carboxylic acids is 1. The summed E-state index contributed by atoms with van der Waals surface area (Å²) in [5, 5.41) is 3.42. The van der Waals surface area contributed by atoms with Crippen LogP contribution in [0.1, 0.15) is 18.1 Å². The van der Waals surface area contributed by atoms with E-state index in [2.05, 4.69) is 12.2 Å². The third-order valence-electron chi connectivity index (χ3n) is 3.92. The molecular weight excluding hydrogens is 320 g/mol. The minimum atomic E-state index is -0.142. The number of ether oxygens (including phenoxy) is 1. The topological polar surface area (TPSA) is 41.6 Å². The maximum absolute atomic E-state index is 12.8. The Hall–Kier alpha value is -2.66. The van der Waals surface area contributed by atoms with Crippen molar-refractivity contribution in [2.45, 2.75) is 13.3 Å². The number of hydrogen-bond acceptors (Lipinski definition) is 3. The van der Waals surface area contributed by atoms with Crippen LogP contribution in [0.5, 0.6) is 5.75 Å². The van der Waals surface area contributed by atoms with Gasteiger partial charge in [0, 0.05) is 0 Å². The number of anilines is 1. The van der Waals surface area contributed by atoms with Crippen LogP contribution in [-0.2, 0) is 11.2 Å². The maximum Gasteiger partial charge on any atom is 0.281 e. The lowest BCUT2D eigenvalue weighted by molar-refractivity contribution is -0.113. The third-order valence-corrected chi connectivity index (χ3v) is 4.20. The lowest BCUT2D eigenvalue weighted by Gasteiger charge is -2.17. The number of nitrogens with zero attached hydrogens (tertiary/aromatic N) is 1. The Morgan fingerprint density at radius 2 is 1.88 bits per heavy atom. The van der Waals surface area contributed by atoms with Crippen LogP contribution in [-0.4, -0.2) is 18.1 Å². The molecule has 5 heteroatoms. The van der Waals surface area contributed by atoms with E-state index in [4.69, 9.17) is 17.0 Å². The molecule has 0 radical (unpaired) electrons. The van der Waals surface area contributed by atoms with Crippen LogP contribution in [0.4, 0.5) is 5.69 Å². The van der Waals surface area contributed by atoms with Gasteiger partial charge < -0.3 is 10.1 Å². The van der Waals surface area contributed by atoms with E-state index in [1.807, 2.05) is 48.5 Å². The van der Waals surface area contributed by atoms with Crippen LogP contribution in [0.3, 0.4) is 0 Å². The number of rotatable bonds is 4. The molecule has 1 saturated heterocycles. The predicted octanol–water partition coefficient (Wildman–Crippen LogP) is 3.52. The quantitative estimate of drug-likeness (QED) is 0.684. The van der Waals surface area contributed by atoms with Crippen molar-refractivity contribution in [3.05, 3.63) is 65.4 Å². The second-order valence-corrected chi connectivity index (χ2v) is 5.77. The zero-order valence-electron chi connectivity index (χ0n) is 13.6. The van der Waals surface area contributed by atoms with Gasteiger partial charge in [0.1, 0.15) is 11.4 Å². The second-order valence-electron chi connectivity index (χ2n) is 5.38. The SMILES string of the molecule is CCc1ccccc1N1C(=O)/C(=C\c2ccc(OC)cc2)NC1=S. The molecular formula is C19H18N2O2S. The van der Waals surface area contributed by atoms with E-state index in [9.17, 15) is 4.79 Å². The van der Waals surface area contributed by atoms with Gasteiger partial charge in [-0.1, -0.05) is 37.3 Å². The molecule has 2 aromatic carbocycles. The molecule has 24 heavy (non-hydrogen) atoms. The smallest absolute Gasteiger partial charge is 0.281 e. The summed E-state index contributed by atoms with van der Waals surface area (Å²) in [4.78, 5) is 14.4. The van der Waals surface area contributed by atoms with Crippen molar-refractivity contribution in [3.8, 4) is 5.75 Å². The summed E-state index contributed by atoms with van der Waals surface area (Å²) in [6.07, 6.45) is 2.63. The molecule has 2 aromatic rings. The number of aryl methyl sites for hydroxylation is 1. The van der Waals surface area contributed by atoms with Crippen LogP contribution in [0.15, 0.2) is 54.2 Å². The molecule has 4 nitrogen and oxygen atoms in total. The van der Waals surface area contributed by atoms with Gasteiger partial charge in [0.2, 0.25) is 0 Å². The molecule has 0 unspecified atom stereocenters. The number of nitrogens with one attached hydrogen (secondary N) is 1. The minimum absolute atomic E-state index is 0.142. The Morgan fingerprint density at radius 1 is 1.17 bits per heavy atom. The van der Waals surface area contributed by atoms with E-state index in [1.54, 1.807) is 18.1 Å². The van der Waals surface area contributed by atoms with Gasteiger partial charge in [-0.15, -0.1) is 0 Å². The molecule has 1 aliphatic heterocycles. The van der Waals surface area contributed by atoms with Gasteiger partial charge in [-0.25, -0.2) is 0 Å². The molecule has 0 aliphatic carbocycles. The van der Waals surface area contributed by atoms with Crippen LogP contribution >= 0.6 is 12.2 Å². The number of benzene rings is 2. The fraction of sp³-hybridized carbons (Fsp3) is 0.158. The van der Waals surface area contributed by atoms with Gasteiger partial charge in [0.05, 0.1) is 12.8 Å². The van der Waals surface area contributed by atoms with Crippen LogP contribution in [0.25, 0.3) is 6.08 Å². The molecule has 1 heterocycles. The fourth-order valence-electron chi connectivity index (χ4n) is 2.65. The average molecular weight is 338 g/mol. The molecule has 1 fully saturated rings. The lowest BCUT2D eigenvalue weighted by atomic mass is 10.1. The van der Waals surface area contributed by atoms with Crippen LogP contribution < -0.4 is 15.0 Å². The van der Waals surface area contributed by atoms with Gasteiger partial charge in [-0.05, 0) is 54.0 Å². The highest BCUT2D eigenvalue weighted by Crippen LogP contribution is 2.26. The molecule has 3 rings (SSSR count). The Kier molecular flexibility index (Phi) is 4.62. The molecule has 122 valence electrons.